The summed E-state index contributed by atoms with van der Waals surface area (Å²) in [5.74, 6) is 1.53. The zero-order chi connectivity index (χ0) is 14.4. The Balaban J connectivity index is 2.17. The van der Waals surface area contributed by atoms with Gasteiger partial charge in [-0.2, -0.15) is 0 Å². The zero-order valence-corrected chi connectivity index (χ0v) is 12.0. The second-order valence-electron chi connectivity index (χ2n) is 4.40. The van der Waals surface area contributed by atoms with Crippen molar-refractivity contribution in [3.05, 3.63) is 54.1 Å². The molecule has 0 aromatic heterocycles. The van der Waals surface area contributed by atoms with E-state index in [9.17, 15) is 4.79 Å². The minimum atomic E-state index is -0.125. The number of anilines is 1. The largest absolute Gasteiger partial charge is 0.455 e. The van der Waals surface area contributed by atoms with Crippen molar-refractivity contribution in [2.24, 2.45) is 0 Å². The molecule has 2 aromatic rings. The molecule has 2 rings (SSSR count). The molecule has 4 heteroatoms. The summed E-state index contributed by atoms with van der Waals surface area (Å²) in [7, 11) is 0. The highest BCUT2D eigenvalue weighted by atomic mass is 35.5. The highest BCUT2D eigenvalue weighted by Gasteiger charge is 2.08. The summed E-state index contributed by atoms with van der Waals surface area (Å²) in [6.45, 7) is 2.00. The summed E-state index contributed by atoms with van der Waals surface area (Å²) in [4.78, 5) is 11.6. The third-order valence-corrected chi connectivity index (χ3v) is 2.89. The van der Waals surface area contributed by atoms with E-state index in [1.165, 1.54) is 0 Å². The summed E-state index contributed by atoms with van der Waals surface area (Å²) >= 11 is 5.56. The quantitative estimate of drug-likeness (QED) is 0.831. The van der Waals surface area contributed by atoms with Crippen molar-refractivity contribution in [3.63, 3.8) is 0 Å². The molecule has 104 valence electrons. The Morgan fingerprint density at radius 1 is 1.20 bits per heavy atom. The van der Waals surface area contributed by atoms with E-state index in [1.54, 1.807) is 6.07 Å². The van der Waals surface area contributed by atoms with Crippen LogP contribution in [0.1, 0.15) is 12.0 Å². The van der Waals surface area contributed by atoms with E-state index in [1.807, 2.05) is 49.4 Å². The lowest BCUT2D eigenvalue weighted by atomic mass is 10.2. The van der Waals surface area contributed by atoms with E-state index >= 15 is 0 Å². The number of carbonyl (C=O) groups is 1. The molecule has 1 N–H and O–H groups in total. The van der Waals surface area contributed by atoms with Gasteiger partial charge in [0.2, 0.25) is 5.91 Å². The number of nitrogens with one attached hydrogen (secondary N) is 1. The summed E-state index contributed by atoms with van der Waals surface area (Å²) in [5.41, 5.74) is 1.76. The number of para-hydroxylation sites is 2. The lowest BCUT2D eigenvalue weighted by Gasteiger charge is -2.12. The van der Waals surface area contributed by atoms with Gasteiger partial charge >= 0.3 is 0 Å². The second-order valence-corrected chi connectivity index (χ2v) is 4.78. The van der Waals surface area contributed by atoms with Crippen molar-refractivity contribution in [2.75, 3.05) is 11.2 Å². The standard InChI is InChI=1S/C16H16ClNO2/c1-12-5-4-6-13(11-12)20-15-8-3-2-7-14(15)18-16(19)9-10-17/h2-8,11H,9-10H2,1H3,(H,18,19). The second kappa shape index (κ2) is 6.96. The number of alkyl halides is 1. The average Bonchev–Trinajstić information content (AvgIpc) is 2.41. The maximum absolute atomic E-state index is 11.6. The van der Waals surface area contributed by atoms with E-state index in [0.29, 0.717) is 17.3 Å². The fourth-order valence-corrected chi connectivity index (χ4v) is 1.93. The van der Waals surface area contributed by atoms with Gasteiger partial charge in [0.15, 0.2) is 5.75 Å². The third-order valence-electron chi connectivity index (χ3n) is 2.70. The van der Waals surface area contributed by atoms with Gasteiger partial charge in [0.1, 0.15) is 5.75 Å². The van der Waals surface area contributed by atoms with Crippen molar-refractivity contribution in [2.45, 2.75) is 13.3 Å². The maximum Gasteiger partial charge on any atom is 0.225 e. The topological polar surface area (TPSA) is 38.3 Å². The number of rotatable bonds is 5. The van der Waals surface area contributed by atoms with Gasteiger partial charge in [-0.15, -0.1) is 11.6 Å². The molecule has 2 aromatic carbocycles. The first kappa shape index (κ1) is 14.4. The molecule has 3 nitrogen and oxygen atoms in total. The van der Waals surface area contributed by atoms with Crippen LogP contribution in [-0.4, -0.2) is 11.8 Å². The fraction of sp³-hybridized carbons (Fsp3) is 0.188. The Morgan fingerprint density at radius 2 is 2.00 bits per heavy atom. The highest BCUT2D eigenvalue weighted by molar-refractivity contribution is 6.19. The van der Waals surface area contributed by atoms with Crippen LogP contribution in [0.3, 0.4) is 0 Å². The molecule has 0 unspecified atom stereocenters. The average molecular weight is 290 g/mol. The van der Waals surface area contributed by atoms with Crippen molar-refractivity contribution >= 4 is 23.2 Å². The third kappa shape index (κ3) is 4.00. The minimum Gasteiger partial charge on any atom is -0.455 e. The Kier molecular flexibility index (Phi) is 5.02. The van der Waals surface area contributed by atoms with E-state index < -0.39 is 0 Å². The van der Waals surface area contributed by atoms with Crippen LogP contribution in [0.5, 0.6) is 11.5 Å². The van der Waals surface area contributed by atoms with Crippen LogP contribution in [0.15, 0.2) is 48.5 Å². The Hall–Kier alpha value is -2.00. The van der Waals surface area contributed by atoms with E-state index in [-0.39, 0.29) is 12.3 Å². The number of amides is 1. The van der Waals surface area contributed by atoms with E-state index in [0.717, 1.165) is 11.3 Å². The van der Waals surface area contributed by atoms with Gasteiger partial charge in [-0.1, -0.05) is 24.3 Å². The van der Waals surface area contributed by atoms with Gasteiger partial charge in [-0.25, -0.2) is 0 Å². The molecule has 0 saturated carbocycles. The van der Waals surface area contributed by atoms with Gasteiger partial charge in [0.05, 0.1) is 5.69 Å². The fourth-order valence-electron chi connectivity index (χ4n) is 1.76. The molecule has 0 saturated heterocycles. The van der Waals surface area contributed by atoms with Crippen molar-refractivity contribution in [1.29, 1.82) is 0 Å². The SMILES string of the molecule is Cc1cccc(Oc2ccccc2NC(=O)CCCl)c1. The molecule has 0 atom stereocenters. The number of aryl methyl sites for hydroxylation is 1. The van der Waals surface area contributed by atoms with Crippen molar-refractivity contribution in [1.82, 2.24) is 0 Å². The summed E-state index contributed by atoms with van der Waals surface area (Å²) in [6, 6.07) is 15.1. The van der Waals surface area contributed by atoms with Crippen LogP contribution in [0.25, 0.3) is 0 Å². The number of hydrogen-bond acceptors (Lipinski definition) is 2. The lowest BCUT2D eigenvalue weighted by molar-refractivity contribution is -0.115. The van der Waals surface area contributed by atoms with Gasteiger partial charge in [-0.3, -0.25) is 4.79 Å². The number of ether oxygens (including phenoxy) is 1. The summed E-state index contributed by atoms with van der Waals surface area (Å²) in [6.07, 6.45) is 0.278. The van der Waals surface area contributed by atoms with Crippen LogP contribution >= 0.6 is 11.6 Å². The molecular formula is C16H16ClNO2. The minimum absolute atomic E-state index is 0.125. The Bertz CT molecular complexity index is 599. The Morgan fingerprint density at radius 3 is 2.75 bits per heavy atom. The first-order valence-electron chi connectivity index (χ1n) is 6.38. The molecule has 0 heterocycles. The van der Waals surface area contributed by atoms with Gasteiger partial charge < -0.3 is 10.1 Å². The number of halogens is 1. The van der Waals surface area contributed by atoms with Crippen molar-refractivity contribution < 1.29 is 9.53 Å². The van der Waals surface area contributed by atoms with Crippen LogP contribution < -0.4 is 10.1 Å². The van der Waals surface area contributed by atoms with E-state index in [2.05, 4.69) is 5.32 Å². The lowest BCUT2D eigenvalue weighted by Crippen LogP contribution is -2.12. The summed E-state index contributed by atoms with van der Waals surface area (Å²) < 4.78 is 5.82. The normalized spacial score (nSPS) is 10.1. The molecular weight excluding hydrogens is 274 g/mol. The van der Waals surface area contributed by atoms with Crippen LogP contribution in [-0.2, 0) is 4.79 Å². The first-order chi connectivity index (χ1) is 9.69. The van der Waals surface area contributed by atoms with Gasteiger partial charge in [-0.05, 0) is 36.8 Å². The smallest absolute Gasteiger partial charge is 0.225 e. The predicted octanol–water partition coefficient (Wildman–Crippen LogP) is 4.35. The Labute approximate surface area is 123 Å². The highest BCUT2D eigenvalue weighted by Crippen LogP contribution is 2.29. The van der Waals surface area contributed by atoms with Crippen LogP contribution in [0, 0.1) is 6.92 Å². The van der Waals surface area contributed by atoms with Crippen molar-refractivity contribution in [3.8, 4) is 11.5 Å². The molecule has 0 aliphatic carbocycles. The molecule has 1 amide bonds. The van der Waals surface area contributed by atoms with E-state index in [4.69, 9.17) is 16.3 Å². The molecule has 0 bridgehead atoms. The number of benzene rings is 2. The summed E-state index contributed by atoms with van der Waals surface area (Å²) in [5, 5.41) is 2.80. The van der Waals surface area contributed by atoms with Crippen LogP contribution in [0.2, 0.25) is 0 Å². The molecule has 20 heavy (non-hydrogen) atoms. The molecule has 0 fully saturated rings. The number of carbonyl (C=O) groups excluding carboxylic acids is 1. The monoisotopic (exact) mass is 289 g/mol. The van der Waals surface area contributed by atoms with Gasteiger partial charge in [0, 0.05) is 12.3 Å². The first-order valence-corrected chi connectivity index (χ1v) is 6.92. The maximum atomic E-state index is 11.6. The zero-order valence-electron chi connectivity index (χ0n) is 11.2. The van der Waals surface area contributed by atoms with Crippen LogP contribution in [0.4, 0.5) is 5.69 Å². The predicted molar refractivity (Wildman–Crippen MR) is 81.7 cm³/mol. The van der Waals surface area contributed by atoms with Gasteiger partial charge in [0.25, 0.3) is 0 Å². The molecule has 0 spiro atoms. The molecule has 0 radical (unpaired) electrons. The number of hydrogen-bond donors (Lipinski definition) is 1. The molecule has 0 aliphatic heterocycles. The molecule has 0 aliphatic rings.